The number of ether oxygens (including phenoxy) is 1. The van der Waals surface area contributed by atoms with Crippen molar-refractivity contribution in [3.63, 3.8) is 0 Å². The van der Waals surface area contributed by atoms with Gasteiger partial charge in [0.2, 0.25) is 5.91 Å². The summed E-state index contributed by atoms with van der Waals surface area (Å²) in [5.74, 6) is 0.273. The Balaban J connectivity index is 1.40. The van der Waals surface area contributed by atoms with Gasteiger partial charge in [0.05, 0.1) is 11.2 Å². The lowest BCUT2D eigenvalue weighted by Crippen LogP contribution is -2.41. The van der Waals surface area contributed by atoms with Crippen LogP contribution in [0.3, 0.4) is 0 Å². The molecular weight excluding hydrogens is 392 g/mol. The number of aryl methyl sites for hydroxylation is 2. The summed E-state index contributed by atoms with van der Waals surface area (Å²) in [6.45, 7) is 10.1. The van der Waals surface area contributed by atoms with E-state index < -0.39 is 11.5 Å². The molecule has 2 amide bonds. The second-order valence-electron chi connectivity index (χ2n) is 9.66. The van der Waals surface area contributed by atoms with E-state index in [-0.39, 0.29) is 6.09 Å². The first-order valence-corrected chi connectivity index (χ1v) is 11.4. The first kappa shape index (κ1) is 23.1. The van der Waals surface area contributed by atoms with Gasteiger partial charge in [-0.3, -0.25) is 9.48 Å². The molecule has 1 fully saturated rings. The molecule has 2 N–H and O–H groups in total. The van der Waals surface area contributed by atoms with Crippen LogP contribution in [0.5, 0.6) is 0 Å². The molecule has 2 aromatic rings. The van der Waals surface area contributed by atoms with Gasteiger partial charge >= 0.3 is 6.09 Å². The van der Waals surface area contributed by atoms with E-state index in [2.05, 4.69) is 5.10 Å². The number of nitrogens with two attached hydrogens (primary N) is 1. The molecule has 1 saturated heterocycles. The minimum absolute atomic E-state index is 0.188. The Morgan fingerprint density at radius 3 is 2.52 bits per heavy atom. The second kappa shape index (κ2) is 9.71. The van der Waals surface area contributed by atoms with Crippen LogP contribution in [0.25, 0.3) is 10.9 Å². The van der Waals surface area contributed by atoms with Crippen molar-refractivity contribution in [1.82, 2.24) is 14.7 Å². The number of hydrogen-bond acceptors (Lipinski definition) is 4. The summed E-state index contributed by atoms with van der Waals surface area (Å²) in [6.07, 6.45) is 6.49. The molecule has 0 atom stereocenters. The molecule has 31 heavy (non-hydrogen) atoms. The average molecular weight is 429 g/mol. The van der Waals surface area contributed by atoms with Gasteiger partial charge in [0, 0.05) is 30.6 Å². The van der Waals surface area contributed by atoms with E-state index in [9.17, 15) is 9.59 Å². The first-order chi connectivity index (χ1) is 14.6. The van der Waals surface area contributed by atoms with E-state index in [0.29, 0.717) is 11.5 Å². The number of aromatic nitrogens is 2. The highest BCUT2D eigenvalue weighted by molar-refractivity contribution is 5.97. The van der Waals surface area contributed by atoms with Crippen LogP contribution in [0.1, 0.15) is 75.3 Å². The average Bonchev–Trinajstić information content (AvgIpc) is 3.02. The summed E-state index contributed by atoms with van der Waals surface area (Å²) in [5.41, 5.74) is 7.46. The number of nitrogens with zero attached hydrogens (tertiary/aromatic N) is 3. The fourth-order valence-corrected chi connectivity index (χ4v) is 4.27. The van der Waals surface area contributed by atoms with Gasteiger partial charge in [0.25, 0.3) is 0 Å². The van der Waals surface area contributed by atoms with E-state index >= 15 is 0 Å². The molecular formula is C24H36N4O3. The van der Waals surface area contributed by atoms with E-state index in [1.807, 2.05) is 49.4 Å². The zero-order chi connectivity index (χ0) is 22.6. The van der Waals surface area contributed by atoms with Crippen molar-refractivity contribution in [1.29, 1.82) is 0 Å². The molecule has 170 valence electrons. The topological polar surface area (TPSA) is 90.4 Å². The lowest BCUT2D eigenvalue weighted by Gasteiger charge is -2.33. The summed E-state index contributed by atoms with van der Waals surface area (Å²) in [7, 11) is 0. The van der Waals surface area contributed by atoms with Crippen molar-refractivity contribution in [2.24, 2.45) is 11.7 Å². The van der Waals surface area contributed by atoms with Crippen LogP contribution in [0.4, 0.5) is 4.79 Å². The van der Waals surface area contributed by atoms with Crippen molar-refractivity contribution in [3.05, 3.63) is 29.5 Å². The Morgan fingerprint density at radius 1 is 1.16 bits per heavy atom. The number of rotatable bonds is 7. The minimum atomic E-state index is -0.437. The summed E-state index contributed by atoms with van der Waals surface area (Å²) < 4.78 is 7.47. The van der Waals surface area contributed by atoms with E-state index in [0.717, 1.165) is 61.9 Å². The fourth-order valence-electron chi connectivity index (χ4n) is 4.27. The maximum atomic E-state index is 12.2. The summed E-state index contributed by atoms with van der Waals surface area (Å²) in [5, 5.41) is 5.71. The van der Waals surface area contributed by atoms with E-state index in [1.165, 1.54) is 12.8 Å². The molecule has 0 bridgehead atoms. The molecule has 2 heterocycles. The zero-order valence-corrected chi connectivity index (χ0v) is 19.3. The Bertz CT molecular complexity index is 921. The molecule has 1 aliphatic heterocycles. The van der Waals surface area contributed by atoms with Crippen LogP contribution < -0.4 is 5.73 Å². The third-order valence-corrected chi connectivity index (χ3v) is 5.97. The maximum Gasteiger partial charge on any atom is 0.410 e. The van der Waals surface area contributed by atoms with Crippen LogP contribution in [0, 0.1) is 12.8 Å². The number of benzene rings is 1. The predicted molar refractivity (Wildman–Crippen MR) is 122 cm³/mol. The normalized spacial score (nSPS) is 15.4. The van der Waals surface area contributed by atoms with Crippen molar-refractivity contribution in [2.45, 2.75) is 78.4 Å². The fraction of sp³-hybridized carbons (Fsp3) is 0.625. The zero-order valence-electron chi connectivity index (χ0n) is 19.3. The monoisotopic (exact) mass is 428 g/mol. The van der Waals surface area contributed by atoms with Gasteiger partial charge in [0.15, 0.2) is 0 Å². The number of fused-ring (bicyclic) bond motifs is 1. The highest BCUT2D eigenvalue weighted by Crippen LogP contribution is 2.25. The van der Waals surface area contributed by atoms with Crippen LogP contribution in [-0.4, -0.2) is 45.4 Å². The third kappa shape index (κ3) is 6.21. The van der Waals surface area contributed by atoms with Gasteiger partial charge in [-0.15, -0.1) is 0 Å². The molecule has 7 nitrogen and oxygen atoms in total. The van der Waals surface area contributed by atoms with Gasteiger partial charge in [0.1, 0.15) is 5.60 Å². The Hall–Kier alpha value is -2.57. The molecule has 0 spiro atoms. The number of hydrogen-bond donors (Lipinski definition) is 1. The molecule has 0 saturated carbocycles. The first-order valence-electron chi connectivity index (χ1n) is 11.4. The van der Waals surface area contributed by atoms with E-state index in [1.54, 1.807) is 6.07 Å². The van der Waals surface area contributed by atoms with E-state index in [4.69, 9.17) is 10.5 Å². The maximum absolute atomic E-state index is 12.2. The number of carbonyl (C=O) groups is 2. The Kier molecular flexibility index (Phi) is 7.23. The highest BCUT2D eigenvalue weighted by Gasteiger charge is 2.26. The smallest absolute Gasteiger partial charge is 0.410 e. The molecule has 1 aliphatic rings. The number of piperidine rings is 1. The lowest BCUT2D eigenvalue weighted by molar-refractivity contribution is 0.0180. The van der Waals surface area contributed by atoms with Crippen LogP contribution in [-0.2, 0) is 11.3 Å². The van der Waals surface area contributed by atoms with Crippen molar-refractivity contribution < 1.29 is 14.3 Å². The third-order valence-electron chi connectivity index (χ3n) is 5.97. The molecule has 7 heteroatoms. The molecule has 0 radical (unpaired) electrons. The Labute approximate surface area is 184 Å². The molecule has 3 rings (SSSR count). The number of unbranched alkanes of at least 4 members (excludes halogenated alkanes) is 2. The summed E-state index contributed by atoms with van der Waals surface area (Å²) in [4.78, 5) is 25.5. The van der Waals surface area contributed by atoms with Gasteiger partial charge in [-0.05, 0) is 65.0 Å². The van der Waals surface area contributed by atoms with Crippen LogP contribution in [0.15, 0.2) is 18.2 Å². The van der Waals surface area contributed by atoms with Gasteiger partial charge < -0.3 is 15.4 Å². The van der Waals surface area contributed by atoms with Gasteiger partial charge in [-0.2, -0.15) is 5.10 Å². The molecule has 0 unspecified atom stereocenters. The van der Waals surface area contributed by atoms with Crippen molar-refractivity contribution in [3.8, 4) is 0 Å². The quantitative estimate of drug-likeness (QED) is 0.650. The van der Waals surface area contributed by atoms with Crippen LogP contribution in [0.2, 0.25) is 0 Å². The van der Waals surface area contributed by atoms with Gasteiger partial charge in [-0.1, -0.05) is 25.3 Å². The largest absolute Gasteiger partial charge is 0.444 e. The second-order valence-corrected chi connectivity index (χ2v) is 9.66. The highest BCUT2D eigenvalue weighted by atomic mass is 16.6. The molecule has 1 aromatic carbocycles. The Morgan fingerprint density at radius 2 is 1.87 bits per heavy atom. The number of carbonyl (C=O) groups excluding carboxylic acids is 2. The SMILES string of the molecule is Cc1nn(CCCCCC2CCN(C(=O)OC(C)(C)C)CC2)c2cc(C(N)=O)ccc12. The van der Waals surface area contributed by atoms with Crippen molar-refractivity contribution in [2.75, 3.05) is 13.1 Å². The molecule has 0 aliphatic carbocycles. The number of amides is 2. The van der Waals surface area contributed by atoms with Gasteiger partial charge in [-0.25, -0.2) is 4.79 Å². The summed E-state index contributed by atoms with van der Waals surface area (Å²) in [6, 6.07) is 5.53. The lowest BCUT2D eigenvalue weighted by atomic mass is 9.91. The predicted octanol–water partition coefficient (Wildman–Crippen LogP) is 4.65. The standard InChI is InChI=1S/C24H36N4O3/c1-17-20-10-9-19(22(25)29)16-21(20)28(26-17)13-7-5-6-8-18-11-14-27(15-12-18)23(30)31-24(2,3)4/h9-10,16,18H,5-8,11-15H2,1-4H3,(H2,25,29). The van der Waals surface area contributed by atoms with Crippen molar-refractivity contribution >= 4 is 22.9 Å². The minimum Gasteiger partial charge on any atom is -0.444 e. The molecule has 1 aromatic heterocycles. The number of primary amides is 1. The number of likely N-dealkylation sites (tertiary alicyclic amines) is 1. The summed E-state index contributed by atoms with van der Waals surface area (Å²) >= 11 is 0. The van der Waals surface area contributed by atoms with Crippen LogP contribution >= 0.6 is 0 Å².